The lowest BCUT2D eigenvalue weighted by molar-refractivity contribution is 0.414. The molecule has 4 heteroatoms. The molecule has 1 aliphatic carbocycles. The van der Waals surface area contributed by atoms with Crippen molar-refractivity contribution in [3.63, 3.8) is 0 Å². The first-order chi connectivity index (χ1) is 10.3. The highest BCUT2D eigenvalue weighted by molar-refractivity contribution is 5.48. The number of benzene rings is 1. The maximum Gasteiger partial charge on any atom is 0.133 e. The minimum absolute atomic E-state index is 0.205. The lowest BCUT2D eigenvalue weighted by Gasteiger charge is -2.21. The van der Waals surface area contributed by atoms with Crippen molar-refractivity contribution in [1.29, 1.82) is 0 Å². The molecule has 21 heavy (non-hydrogen) atoms. The number of ether oxygens (including phenoxy) is 1. The van der Waals surface area contributed by atoms with Gasteiger partial charge in [0.15, 0.2) is 0 Å². The van der Waals surface area contributed by atoms with E-state index < -0.39 is 0 Å². The van der Waals surface area contributed by atoms with Crippen molar-refractivity contribution >= 4 is 5.82 Å². The molecule has 0 saturated carbocycles. The summed E-state index contributed by atoms with van der Waals surface area (Å²) in [6.45, 7) is 2.15. The van der Waals surface area contributed by atoms with E-state index >= 15 is 0 Å². The maximum atomic E-state index is 5.20. The lowest BCUT2D eigenvalue weighted by Crippen LogP contribution is -2.14. The van der Waals surface area contributed by atoms with Crippen molar-refractivity contribution in [1.82, 2.24) is 9.97 Å². The summed E-state index contributed by atoms with van der Waals surface area (Å²) < 4.78 is 5.20. The Morgan fingerprint density at radius 3 is 2.62 bits per heavy atom. The third-order valence-electron chi connectivity index (χ3n) is 4.09. The van der Waals surface area contributed by atoms with Crippen LogP contribution in [0.4, 0.5) is 5.82 Å². The van der Waals surface area contributed by atoms with E-state index in [1.807, 2.05) is 12.1 Å². The normalized spacial score (nSPS) is 15.1. The van der Waals surface area contributed by atoms with E-state index in [2.05, 4.69) is 34.3 Å². The minimum Gasteiger partial charge on any atom is -0.497 e. The molecule has 1 N–H and O–H groups in total. The lowest BCUT2D eigenvalue weighted by atomic mass is 9.96. The molecule has 1 aromatic carbocycles. The summed E-state index contributed by atoms with van der Waals surface area (Å²) >= 11 is 0. The van der Waals surface area contributed by atoms with E-state index in [0.717, 1.165) is 24.4 Å². The van der Waals surface area contributed by atoms with Crippen molar-refractivity contribution in [2.45, 2.75) is 38.6 Å². The zero-order valence-electron chi connectivity index (χ0n) is 12.6. The highest BCUT2D eigenvalue weighted by Crippen LogP contribution is 2.27. The van der Waals surface area contributed by atoms with Crippen LogP contribution in [0.5, 0.6) is 5.75 Å². The van der Waals surface area contributed by atoms with E-state index in [-0.39, 0.29) is 6.04 Å². The summed E-state index contributed by atoms with van der Waals surface area (Å²) in [5, 5.41) is 3.53. The Morgan fingerprint density at radius 2 is 1.86 bits per heavy atom. The van der Waals surface area contributed by atoms with Crippen molar-refractivity contribution in [3.8, 4) is 5.75 Å². The third kappa shape index (κ3) is 2.99. The van der Waals surface area contributed by atoms with Gasteiger partial charge in [-0.3, -0.25) is 0 Å². The molecule has 0 amide bonds. The van der Waals surface area contributed by atoms with E-state index in [0.29, 0.717) is 0 Å². The van der Waals surface area contributed by atoms with E-state index in [1.54, 1.807) is 13.4 Å². The van der Waals surface area contributed by atoms with E-state index in [4.69, 9.17) is 4.74 Å². The fraction of sp³-hybridized carbons (Fsp3) is 0.412. The first-order valence-electron chi connectivity index (χ1n) is 7.51. The van der Waals surface area contributed by atoms with Gasteiger partial charge >= 0.3 is 0 Å². The van der Waals surface area contributed by atoms with Gasteiger partial charge in [-0.15, -0.1) is 0 Å². The number of anilines is 1. The monoisotopic (exact) mass is 283 g/mol. The van der Waals surface area contributed by atoms with Crippen molar-refractivity contribution in [2.75, 3.05) is 12.4 Å². The third-order valence-corrected chi connectivity index (χ3v) is 4.09. The number of methoxy groups -OCH3 is 1. The second-order valence-corrected chi connectivity index (χ2v) is 5.49. The molecule has 1 atom stereocenters. The van der Waals surface area contributed by atoms with Gasteiger partial charge in [0.25, 0.3) is 0 Å². The molecule has 2 aromatic rings. The van der Waals surface area contributed by atoms with Gasteiger partial charge in [0.1, 0.15) is 17.9 Å². The van der Waals surface area contributed by atoms with Gasteiger partial charge in [0.05, 0.1) is 7.11 Å². The van der Waals surface area contributed by atoms with Crippen LogP contribution in [0.15, 0.2) is 30.6 Å². The van der Waals surface area contributed by atoms with Crippen molar-refractivity contribution < 1.29 is 4.74 Å². The van der Waals surface area contributed by atoms with Crippen LogP contribution in [-0.4, -0.2) is 17.1 Å². The quantitative estimate of drug-likeness (QED) is 0.932. The Bertz CT molecular complexity index is 610. The van der Waals surface area contributed by atoms with Gasteiger partial charge in [0.2, 0.25) is 0 Å². The number of aromatic nitrogens is 2. The predicted molar refractivity (Wildman–Crippen MR) is 83.7 cm³/mol. The second kappa shape index (κ2) is 6.12. The Morgan fingerprint density at radius 1 is 1.10 bits per heavy atom. The Hall–Kier alpha value is -2.10. The maximum absolute atomic E-state index is 5.20. The summed E-state index contributed by atoms with van der Waals surface area (Å²) in [5.74, 6) is 1.87. The van der Waals surface area contributed by atoms with Gasteiger partial charge in [-0.05, 0) is 50.3 Å². The Labute approximate surface area is 125 Å². The summed E-state index contributed by atoms with van der Waals surface area (Å²) in [4.78, 5) is 8.86. The average Bonchev–Trinajstić information content (AvgIpc) is 2.55. The van der Waals surface area contributed by atoms with Gasteiger partial charge in [-0.2, -0.15) is 0 Å². The van der Waals surface area contributed by atoms with Crippen LogP contribution >= 0.6 is 0 Å². The molecule has 1 heterocycles. The fourth-order valence-corrected chi connectivity index (χ4v) is 2.83. The average molecular weight is 283 g/mol. The van der Waals surface area contributed by atoms with Crippen LogP contribution in [0.2, 0.25) is 0 Å². The molecule has 0 aliphatic heterocycles. The molecule has 1 aromatic heterocycles. The zero-order valence-corrected chi connectivity index (χ0v) is 12.6. The number of hydrogen-bond donors (Lipinski definition) is 1. The van der Waals surface area contributed by atoms with Gasteiger partial charge in [-0.1, -0.05) is 12.1 Å². The molecule has 3 rings (SSSR count). The zero-order chi connectivity index (χ0) is 14.7. The molecule has 0 bridgehead atoms. The number of aryl methyl sites for hydroxylation is 1. The van der Waals surface area contributed by atoms with Crippen LogP contribution < -0.4 is 10.1 Å². The molecule has 0 spiro atoms. The molecule has 0 fully saturated rings. The Kier molecular flexibility index (Phi) is 4.04. The summed E-state index contributed by atoms with van der Waals surface area (Å²) in [6.07, 6.45) is 6.29. The standard InChI is InChI=1S/C17H21N3O/c1-12(13-7-9-14(21-2)10-8-13)20-17-15-5-3-4-6-16(15)18-11-19-17/h7-12H,3-6H2,1-2H3,(H,18,19,20). The second-order valence-electron chi connectivity index (χ2n) is 5.49. The van der Waals surface area contributed by atoms with Crippen LogP contribution in [0.25, 0.3) is 0 Å². The first kappa shape index (κ1) is 13.9. The largest absolute Gasteiger partial charge is 0.497 e. The van der Waals surface area contributed by atoms with E-state index in [9.17, 15) is 0 Å². The van der Waals surface area contributed by atoms with Crippen LogP contribution in [0, 0.1) is 0 Å². The van der Waals surface area contributed by atoms with Gasteiger partial charge in [-0.25, -0.2) is 9.97 Å². The SMILES string of the molecule is COc1ccc(C(C)Nc2ncnc3c2CCCC3)cc1. The van der Waals surface area contributed by atoms with Crippen molar-refractivity contribution in [3.05, 3.63) is 47.4 Å². The fourth-order valence-electron chi connectivity index (χ4n) is 2.83. The smallest absolute Gasteiger partial charge is 0.133 e. The van der Waals surface area contributed by atoms with Crippen LogP contribution in [0.3, 0.4) is 0 Å². The number of nitrogens with zero attached hydrogens (tertiary/aromatic N) is 2. The molecular weight excluding hydrogens is 262 g/mol. The molecule has 1 unspecified atom stereocenters. The molecule has 0 saturated heterocycles. The molecule has 110 valence electrons. The van der Waals surface area contributed by atoms with Gasteiger partial charge in [0, 0.05) is 17.3 Å². The molecule has 0 radical (unpaired) electrons. The van der Waals surface area contributed by atoms with Crippen LogP contribution in [0.1, 0.15) is 42.6 Å². The summed E-state index contributed by atoms with van der Waals surface area (Å²) in [7, 11) is 1.68. The minimum atomic E-state index is 0.205. The molecule has 1 aliphatic rings. The number of hydrogen-bond acceptors (Lipinski definition) is 4. The Balaban J connectivity index is 1.79. The predicted octanol–water partition coefficient (Wildman–Crippen LogP) is 3.54. The number of fused-ring (bicyclic) bond motifs is 1. The summed E-state index contributed by atoms with van der Waals surface area (Å²) in [5.41, 5.74) is 3.73. The number of rotatable bonds is 4. The molecule has 4 nitrogen and oxygen atoms in total. The molecular formula is C17H21N3O. The summed E-state index contributed by atoms with van der Waals surface area (Å²) in [6, 6.07) is 8.36. The van der Waals surface area contributed by atoms with Crippen LogP contribution in [-0.2, 0) is 12.8 Å². The number of nitrogens with one attached hydrogen (secondary N) is 1. The first-order valence-corrected chi connectivity index (χ1v) is 7.51. The topological polar surface area (TPSA) is 47.0 Å². The highest BCUT2D eigenvalue weighted by Gasteiger charge is 2.17. The van der Waals surface area contributed by atoms with Gasteiger partial charge < -0.3 is 10.1 Å². The van der Waals surface area contributed by atoms with Crippen molar-refractivity contribution in [2.24, 2.45) is 0 Å². The van der Waals surface area contributed by atoms with E-state index in [1.165, 1.54) is 29.7 Å². The highest BCUT2D eigenvalue weighted by atomic mass is 16.5.